The number of rotatable bonds is 5. The van der Waals surface area contributed by atoms with Crippen molar-refractivity contribution in [3.63, 3.8) is 0 Å². The zero-order valence-electron chi connectivity index (χ0n) is 18.8. The number of hydrogen-bond acceptors (Lipinski definition) is 6. The summed E-state index contributed by atoms with van der Waals surface area (Å²) in [5, 5.41) is 0. The van der Waals surface area contributed by atoms with E-state index in [1.165, 1.54) is 7.05 Å². The SMILES string of the molecule is CNS(=O)(=O)c1ccccc1N1CCN(c2cc(C(C)(C)C)nc(C(C)C)n2)CC1. The number of aromatic nitrogens is 2. The molecule has 0 unspecified atom stereocenters. The van der Waals surface area contributed by atoms with Crippen LogP contribution in [0, 0.1) is 0 Å². The Labute approximate surface area is 180 Å². The van der Waals surface area contributed by atoms with E-state index in [4.69, 9.17) is 9.97 Å². The maximum atomic E-state index is 12.4. The third-order valence-corrected chi connectivity index (χ3v) is 6.84. The first-order chi connectivity index (χ1) is 14.0. The molecule has 8 heteroatoms. The van der Waals surface area contributed by atoms with Crippen LogP contribution in [0.2, 0.25) is 0 Å². The molecule has 7 nitrogen and oxygen atoms in total. The van der Waals surface area contributed by atoms with Crippen LogP contribution >= 0.6 is 0 Å². The highest BCUT2D eigenvalue weighted by Gasteiger charge is 2.26. The predicted octanol–water partition coefficient (Wildman–Crippen LogP) is 3.13. The van der Waals surface area contributed by atoms with E-state index in [0.717, 1.165) is 49.2 Å². The van der Waals surface area contributed by atoms with Crippen molar-refractivity contribution >= 4 is 21.5 Å². The molecule has 1 aliphatic rings. The first-order valence-corrected chi connectivity index (χ1v) is 11.9. The molecule has 1 aromatic carbocycles. The Hall–Kier alpha value is -2.19. The molecule has 0 aliphatic carbocycles. The number of nitrogens with one attached hydrogen (secondary N) is 1. The lowest BCUT2D eigenvalue weighted by molar-refractivity contribution is 0.555. The molecule has 1 aromatic heterocycles. The largest absolute Gasteiger partial charge is 0.367 e. The van der Waals surface area contributed by atoms with Gasteiger partial charge < -0.3 is 9.80 Å². The van der Waals surface area contributed by atoms with E-state index in [1.54, 1.807) is 12.1 Å². The van der Waals surface area contributed by atoms with E-state index >= 15 is 0 Å². The van der Waals surface area contributed by atoms with Gasteiger partial charge in [0.25, 0.3) is 0 Å². The molecule has 1 fully saturated rings. The van der Waals surface area contributed by atoms with Gasteiger partial charge in [-0.05, 0) is 19.2 Å². The number of hydrogen-bond donors (Lipinski definition) is 1. The molecular formula is C22H33N5O2S. The summed E-state index contributed by atoms with van der Waals surface area (Å²) in [5.41, 5.74) is 1.74. The van der Waals surface area contributed by atoms with Crippen LogP contribution in [0.15, 0.2) is 35.2 Å². The van der Waals surface area contributed by atoms with E-state index in [2.05, 4.69) is 55.2 Å². The fourth-order valence-electron chi connectivity index (χ4n) is 3.49. The van der Waals surface area contributed by atoms with Gasteiger partial charge in [0.2, 0.25) is 10.0 Å². The number of sulfonamides is 1. The molecule has 0 saturated carbocycles. The van der Waals surface area contributed by atoms with E-state index in [0.29, 0.717) is 4.90 Å². The van der Waals surface area contributed by atoms with Gasteiger partial charge in [0.05, 0.1) is 11.4 Å². The maximum absolute atomic E-state index is 12.4. The van der Waals surface area contributed by atoms with Gasteiger partial charge in [-0.2, -0.15) is 0 Å². The van der Waals surface area contributed by atoms with Crippen molar-refractivity contribution in [2.75, 3.05) is 43.0 Å². The topological polar surface area (TPSA) is 78.4 Å². The second-order valence-electron chi connectivity index (χ2n) is 9.02. The minimum absolute atomic E-state index is 0.0520. The Morgan fingerprint density at radius 1 is 1.00 bits per heavy atom. The highest BCUT2D eigenvalue weighted by atomic mass is 32.2. The first-order valence-electron chi connectivity index (χ1n) is 10.4. The van der Waals surface area contributed by atoms with Gasteiger partial charge in [-0.25, -0.2) is 23.1 Å². The second-order valence-corrected chi connectivity index (χ2v) is 10.9. The van der Waals surface area contributed by atoms with Crippen molar-refractivity contribution in [1.82, 2.24) is 14.7 Å². The van der Waals surface area contributed by atoms with Crippen LogP contribution in [0.1, 0.15) is 52.1 Å². The molecule has 0 spiro atoms. The molecule has 164 valence electrons. The summed E-state index contributed by atoms with van der Waals surface area (Å²) < 4.78 is 27.3. The summed E-state index contributed by atoms with van der Waals surface area (Å²) in [6.45, 7) is 13.7. The smallest absolute Gasteiger partial charge is 0.242 e. The molecule has 0 amide bonds. The average molecular weight is 432 g/mol. The van der Waals surface area contributed by atoms with Crippen molar-refractivity contribution in [1.29, 1.82) is 0 Å². The summed E-state index contributed by atoms with van der Waals surface area (Å²) in [7, 11) is -2.06. The van der Waals surface area contributed by atoms with Gasteiger partial charge in [-0.1, -0.05) is 46.8 Å². The van der Waals surface area contributed by atoms with Gasteiger partial charge >= 0.3 is 0 Å². The van der Waals surface area contributed by atoms with Crippen LogP contribution in [-0.2, 0) is 15.4 Å². The van der Waals surface area contributed by atoms with Crippen molar-refractivity contribution in [3.05, 3.63) is 41.9 Å². The van der Waals surface area contributed by atoms with Gasteiger partial charge in [0.1, 0.15) is 16.5 Å². The molecule has 30 heavy (non-hydrogen) atoms. The van der Waals surface area contributed by atoms with Crippen molar-refractivity contribution < 1.29 is 8.42 Å². The molecule has 3 rings (SSSR count). The van der Waals surface area contributed by atoms with Gasteiger partial charge in [0.15, 0.2) is 0 Å². The summed E-state index contributed by atoms with van der Waals surface area (Å²) in [6.07, 6.45) is 0. The number of para-hydroxylation sites is 1. The standard InChI is InChI=1S/C22H33N5O2S/c1-16(2)21-24-19(22(3,4)5)15-20(25-21)27-13-11-26(12-14-27)17-9-7-8-10-18(17)30(28,29)23-6/h7-10,15-16,23H,11-14H2,1-6H3. The van der Waals surface area contributed by atoms with Crippen LogP contribution < -0.4 is 14.5 Å². The highest BCUT2D eigenvalue weighted by molar-refractivity contribution is 7.89. The zero-order chi connectivity index (χ0) is 22.1. The lowest BCUT2D eigenvalue weighted by Gasteiger charge is -2.38. The molecule has 1 N–H and O–H groups in total. The zero-order valence-corrected chi connectivity index (χ0v) is 19.6. The highest BCUT2D eigenvalue weighted by Crippen LogP contribution is 2.29. The van der Waals surface area contributed by atoms with Crippen molar-refractivity contribution in [2.24, 2.45) is 0 Å². The fraction of sp³-hybridized carbons (Fsp3) is 0.545. The van der Waals surface area contributed by atoms with E-state index in [9.17, 15) is 8.42 Å². The lowest BCUT2D eigenvalue weighted by Crippen LogP contribution is -2.47. The van der Waals surface area contributed by atoms with Crippen LogP contribution in [0.3, 0.4) is 0 Å². The monoisotopic (exact) mass is 431 g/mol. The Kier molecular flexibility index (Phi) is 6.38. The Morgan fingerprint density at radius 2 is 1.60 bits per heavy atom. The van der Waals surface area contributed by atoms with Crippen LogP contribution in [0.25, 0.3) is 0 Å². The Bertz CT molecular complexity index is 991. The second kappa shape index (κ2) is 8.51. The van der Waals surface area contributed by atoms with Crippen LogP contribution in [-0.4, -0.2) is 51.6 Å². The molecular weight excluding hydrogens is 398 g/mol. The summed E-state index contributed by atoms with van der Waals surface area (Å²) in [6, 6.07) is 9.26. The van der Waals surface area contributed by atoms with Gasteiger partial charge in [-0.15, -0.1) is 0 Å². The van der Waals surface area contributed by atoms with E-state index < -0.39 is 10.0 Å². The molecule has 1 saturated heterocycles. The van der Waals surface area contributed by atoms with Gasteiger partial charge in [0, 0.05) is 43.6 Å². The number of benzene rings is 1. The Morgan fingerprint density at radius 3 is 2.17 bits per heavy atom. The minimum Gasteiger partial charge on any atom is -0.367 e. The molecule has 2 aromatic rings. The third-order valence-electron chi connectivity index (χ3n) is 5.38. The summed E-state index contributed by atoms with van der Waals surface area (Å²) >= 11 is 0. The average Bonchev–Trinajstić information content (AvgIpc) is 2.73. The molecule has 2 heterocycles. The molecule has 0 atom stereocenters. The molecule has 0 radical (unpaired) electrons. The van der Waals surface area contributed by atoms with Crippen molar-refractivity contribution in [2.45, 2.75) is 50.8 Å². The molecule has 0 bridgehead atoms. The molecule has 1 aliphatic heterocycles. The third kappa shape index (κ3) is 4.75. The number of nitrogens with zero attached hydrogens (tertiary/aromatic N) is 4. The number of piperazine rings is 1. The van der Waals surface area contributed by atoms with Crippen LogP contribution in [0.5, 0.6) is 0 Å². The minimum atomic E-state index is -3.51. The van der Waals surface area contributed by atoms with E-state index in [-0.39, 0.29) is 11.3 Å². The maximum Gasteiger partial charge on any atom is 0.242 e. The quantitative estimate of drug-likeness (QED) is 0.784. The summed E-state index contributed by atoms with van der Waals surface area (Å²) in [5.74, 6) is 2.07. The Balaban J connectivity index is 1.84. The van der Waals surface area contributed by atoms with E-state index in [1.807, 2.05) is 12.1 Å². The lowest BCUT2D eigenvalue weighted by atomic mass is 9.91. The first kappa shape index (κ1) is 22.5. The predicted molar refractivity (Wildman–Crippen MR) is 122 cm³/mol. The van der Waals surface area contributed by atoms with Crippen molar-refractivity contribution in [3.8, 4) is 0 Å². The summed E-state index contributed by atoms with van der Waals surface area (Å²) in [4.78, 5) is 14.3. The normalized spacial score (nSPS) is 15.7. The van der Waals surface area contributed by atoms with Gasteiger partial charge in [-0.3, -0.25) is 0 Å². The van der Waals surface area contributed by atoms with Crippen LogP contribution in [0.4, 0.5) is 11.5 Å². The fourth-order valence-corrected chi connectivity index (χ4v) is 4.44. The number of anilines is 2.